The normalized spacial score (nSPS) is 14.3. The molecule has 2 rings (SSSR count). The third-order valence-electron chi connectivity index (χ3n) is 2.87. The molecule has 0 saturated heterocycles. The molecule has 1 aromatic carbocycles. The molecule has 2 aromatic rings. The van der Waals surface area contributed by atoms with Crippen molar-refractivity contribution in [2.45, 2.75) is 19.1 Å². The molecule has 19 heavy (non-hydrogen) atoms. The summed E-state index contributed by atoms with van der Waals surface area (Å²) in [5.74, 6) is -0.410. The van der Waals surface area contributed by atoms with Crippen LogP contribution in [-0.2, 0) is 12.1 Å². The molecule has 0 amide bonds. The highest BCUT2D eigenvalue weighted by Gasteiger charge is 2.23. The highest BCUT2D eigenvalue weighted by atomic mass is 35.5. The fraction of sp³-hybridized carbons (Fsp3) is 0.286. The van der Waals surface area contributed by atoms with Gasteiger partial charge in [0.25, 0.3) is 0 Å². The van der Waals surface area contributed by atoms with E-state index in [0.717, 1.165) is 4.88 Å². The van der Waals surface area contributed by atoms with E-state index in [4.69, 9.17) is 11.6 Å². The zero-order valence-electron chi connectivity index (χ0n) is 10.5. The van der Waals surface area contributed by atoms with Crippen LogP contribution in [0.1, 0.15) is 17.4 Å². The first-order chi connectivity index (χ1) is 9.00. The van der Waals surface area contributed by atoms with Crippen LogP contribution in [0.15, 0.2) is 35.7 Å². The van der Waals surface area contributed by atoms with Gasteiger partial charge in [-0.1, -0.05) is 29.8 Å². The average molecular weight is 300 g/mol. The van der Waals surface area contributed by atoms with Crippen LogP contribution >= 0.6 is 22.9 Å². The lowest BCUT2D eigenvalue weighted by Crippen LogP contribution is -2.34. The Morgan fingerprint density at radius 2 is 2.16 bits per heavy atom. The Hall–Kier alpha value is -0.940. The van der Waals surface area contributed by atoms with Crippen molar-refractivity contribution in [3.05, 3.63) is 57.0 Å². The lowest BCUT2D eigenvalue weighted by atomic mass is 10.1. The summed E-state index contributed by atoms with van der Waals surface area (Å²) in [6, 6.07) is 8.67. The maximum Gasteiger partial charge on any atom is 0.146 e. The first-order valence-corrected chi connectivity index (χ1v) is 7.16. The van der Waals surface area contributed by atoms with Crippen molar-refractivity contribution in [1.82, 2.24) is 5.32 Å². The monoisotopic (exact) mass is 299 g/mol. The number of rotatable bonds is 5. The molecule has 0 radical (unpaired) electrons. The van der Waals surface area contributed by atoms with Gasteiger partial charge in [-0.05, 0) is 24.4 Å². The van der Waals surface area contributed by atoms with E-state index in [0.29, 0.717) is 18.7 Å². The molecule has 0 spiro atoms. The van der Waals surface area contributed by atoms with E-state index in [1.54, 1.807) is 19.1 Å². The minimum atomic E-state index is -0.955. The maximum atomic E-state index is 13.7. The predicted octanol–water partition coefficient (Wildman–Crippen LogP) is 3.54. The summed E-state index contributed by atoms with van der Waals surface area (Å²) >= 11 is 7.21. The molecule has 2 N–H and O–H groups in total. The Kier molecular flexibility index (Phi) is 4.58. The van der Waals surface area contributed by atoms with Gasteiger partial charge >= 0.3 is 0 Å². The van der Waals surface area contributed by atoms with E-state index in [9.17, 15) is 9.50 Å². The fourth-order valence-electron chi connectivity index (χ4n) is 1.80. The fourth-order valence-corrected chi connectivity index (χ4v) is 2.78. The molecule has 1 heterocycles. The predicted molar refractivity (Wildman–Crippen MR) is 77.0 cm³/mol. The van der Waals surface area contributed by atoms with E-state index in [2.05, 4.69) is 5.32 Å². The number of benzene rings is 1. The van der Waals surface area contributed by atoms with Crippen LogP contribution in [0.4, 0.5) is 4.39 Å². The van der Waals surface area contributed by atoms with Crippen molar-refractivity contribution in [2.75, 3.05) is 6.54 Å². The van der Waals surface area contributed by atoms with Gasteiger partial charge in [0.1, 0.15) is 11.4 Å². The maximum absolute atomic E-state index is 13.7. The van der Waals surface area contributed by atoms with Crippen LogP contribution in [0, 0.1) is 5.82 Å². The third-order valence-corrected chi connectivity index (χ3v) is 4.28. The highest BCUT2D eigenvalue weighted by molar-refractivity contribution is 7.10. The smallest absolute Gasteiger partial charge is 0.146 e. The molecular weight excluding hydrogens is 285 g/mol. The summed E-state index contributed by atoms with van der Waals surface area (Å²) in [5, 5.41) is 15.4. The second-order valence-electron chi connectivity index (χ2n) is 4.57. The SMILES string of the molecule is CC(O)(CNCc1cccc(Cl)c1F)c1cccs1. The lowest BCUT2D eigenvalue weighted by molar-refractivity contribution is 0.0603. The van der Waals surface area contributed by atoms with E-state index in [-0.39, 0.29) is 5.02 Å². The first kappa shape index (κ1) is 14.5. The molecule has 1 atom stereocenters. The number of nitrogens with one attached hydrogen (secondary N) is 1. The van der Waals surface area contributed by atoms with Crippen molar-refractivity contribution >= 4 is 22.9 Å². The average Bonchev–Trinajstić information content (AvgIpc) is 2.89. The second kappa shape index (κ2) is 6.01. The summed E-state index contributed by atoms with van der Waals surface area (Å²) in [7, 11) is 0. The van der Waals surface area contributed by atoms with E-state index >= 15 is 0 Å². The minimum Gasteiger partial charge on any atom is -0.383 e. The van der Waals surface area contributed by atoms with Crippen LogP contribution in [0.5, 0.6) is 0 Å². The van der Waals surface area contributed by atoms with Gasteiger partial charge in [0.2, 0.25) is 0 Å². The molecule has 0 aliphatic carbocycles. The van der Waals surface area contributed by atoms with Crippen LogP contribution in [-0.4, -0.2) is 11.7 Å². The standard InChI is InChI=1S/C14H15ClFNOS/c1-14(18,12-6-3-7-19-12)9-17-8-10-4-2-5-11(15)13(10)16/h2-7,17-18H,8-9H2,1H3. The summed E-state index contributed by atoms with van der Waals surface area (Å²) in [6.45, 7) is 2.41. The van der Waals surface area contributed by atoms with Crippen LogP contribution in [0.25, 0.3) is 0 Å². The largest absolute Gasteiger partial charge is 0.383 e. The van der Waals surface area contributed by atoms with E-state index in [1.807, 2.05) is 17.5 Å². The van der Waals surface area contributed by atoms with Gasteiger partial charge in [0, 0.05) is 23.5 Å². The molecule has 102 valence electrons. The molecule has 0 bridgehead atoms. The van der Waals surface area contributed by atoms with Gasteiger partial charge in [-0.25, -0.2) is 4.39 Å². The van der Waals surface area contributed by atoms with E-state index in [1.165, 1.54) is 17.4 Å². The summed E-state index contributed by atoms with van der Waals surface area (Å²) in [5.41, 5.74) is -0.460. The molecule has 1 unspecified atom stereocenters. The quantitative estimate of drug-likeness (QED) is 0.885. The molecule has 5 heteroatoms. The summed E-state index contributed by atoms with van der Waals surface area (Å²) in [4.78, 5) is 0.881. The number of hydrogen-bond acceptors (Lipinski definition) is 3. The highest BCUT2D eigenvalue weighted by Crippen LogP contribution is 2.24. The molecule has 1 aromatic heterocycles. The Labute approximate surface area is 120 Å². The van der Waals surface area contributed by atoms with Gasteiger partial charge in [0.15, 0.2) is 0 Å². The van der Waals surface area contributed by atoms with Gasteiger partial charge in [0.05, 0.1) is 5.02 Å². The number of hydrogen-bond donors (Lipinski definition) is 2. The zero-order chi connectivity index (χ0) is 13.9. The number of halogens is 2. The first-order valence-electron chi connectivity index (χ1n) is 5.90. The van der Waals surface area contributed by atoms with Gasteiger partial charge < -0.3 is 10.4 Å². The topological polar surface area (TPSA) is 32.3 Å². The Morgan fingerprint density at radius 3 is 2.84 bits per heavy atom. The van der Waals surface area contributed by atoms with Gasteiger partial charge in [-0.3, -0.25) is 0 Å². The Balaban J connectivity index is 1.95. The summed E-state index contributed by atoms with van der Waals surface area (Å²) < 4.78 is 13.7. The number of thiophene rings is 1. The van der Waals surface area contributed by atoms with Crippen LogP contribution in [0.3, 0.4) is 0 Å². The van der Waals surface area contributed by atoms with E-state index < -0.39 is 11.4 Å². The second-order valence-corrected chi connectivity index (χ2v) is 5.92. The van der Waals surface area contributed by atoms with Crippen molar-refractivity contribution in [3.63, 3.8) is 0 Å². The van der Waals surface area contributed by atoms with Crippen LogP contribution in [0.2, 0.25) is 5.02 Å². The third kappa shape index (κ3) is 3.54. The Morgan fingerprint density at radius 1 is 1.37 bits per heavy atom. The molecule has 0 fully saturated rings. The number of aliphatic hydroxyl groups is 1. The van der Waals surface area contributed by atoms with Crippen molar-refractivity contribution < 1.29 is 9.50 Å². The molecule has 2 nitrogen and oxygen atoms in total. The van der Waals surface area contributed by atoms with Crippen molar-refractivity contribution in [2.24, 2.45) is 0 Å². The van der Waals surface area contributed by atoms with Crippen molar-refractivity contribution in [1.29, 1.82) is 0 Å². The van der Waals surface area contributed by atoms with Gasteiger partial charge in [-0.15, -0.1) is 11.3 Å². The van der Waals surface area contributed by atoms with Crippen molar-refractivity contribution in [3.8, 4) is 0 Å². The molecule has 0 saturated carbocycles. The van der Waals surface area contributed by atoms with Crippen LogP contribution < -0.4 is 5.32 Å². The molecule has 0 aliphatic rings. The van der Waals surface area contributed by atoms with Gasteiger partial charge in [-0.2, -0.15) is 0 Å². The minimum absolute atomic E-state index is 0.115. The molecule has 0 aliphatic heterocycles. The lowest BCUT2D eigenvalue weighted by Gasteiger charge is -2.22. The molecular formula is C14H15ClFNOS. The zero-order valence-corrected chi connectivity index (χ0v) is 12.1. The summed E-state index contributed by atoms with van der Waals surface area (Å²) in [6.07, 6.45) is 0. The Bertz CT molecular complexity index is 542.